The molecule has 2 amide bonds. The highest BCUT2D eigenvalue weighted by molar-refractivity contribution is 7.12. The van der Waals surface area contributed by atoms with Crippen LogP contribution in [0.3, 0.4) is 0 Å². The fourth-order valence-electron chi connectivity index (χ4n) is 3.25. The van der Waals surface area contributed by atoms with E-state index in [4.69, 9.17) is 9.47 Å². The van der Waals surface area contributed by atoms with Gasteiger partial charge in [-0.2, -0.15) is 13.2 Å². The molecular formula is C18H17F3N2O5S. The number of aliphatic hydroxyl groups is 1. The molecule has 156 valence electrons. The van der Waals surface area contributed by atoms with Crippen molar-refractivity contribution in [3.63, 3.8) is 0 Å². The summed E-state index contributed by atoms with van der Waals surface area (Å²) in [7, 11) is 2.65. The van der Waals surface area contributed by atoms with Gasteiger partial charge in [0.2, 0.25) is 5.72 Å². The number of ether oxygens (including phenoxy) is 2. The molecule has 1 aromatic heterocycles. The Morgan fingerprint density at radius 2 is 1.97 bits per heavy atom. The van der Waals surface area contributed by atoms with Crippen LogP contribution in [0.4, 0.5) is 18.0 Å². The first-order valence-electron chi connectivity index (χ1n) is 8.29. The molecule has 1 aliphatic rings. The lowest BCUT2D eigenvalue weighted by Gasteiger charge is -2.45. The van der Waals surface area contributed by atoms with Crippen molar-refractivity contribution in [2.75, 3.05) is 14.2 Å². The van der Waals surface area contributed by atoms with E-state index >= 15 is 0 Å². The van der Waals surface area contributed by atoms with E-state index in [-0.39, 0.29) is 21.9 Å². The Hall–Kier alpha value is -2.79. The van der Waals surface area contributed by atoms with Gasteiger partial charge < -0.3 is 25.2 Å². The minimum atomic E-state index is -5.33. The second kappa shape index (κ2) is 7.56. The van der Waals surface area contributed by atoms with Gasteiger partial charge >= 0.3 is 12.2 Å². The first kappa shape index (κ1) is 20.9. The first-order valence-corrected chi connectivity index (χ1v) is 9.17. The van der Waals surface area contributed by atoms with Crippen LogP contribution in [0.25, 0.3) is 0 Å². The van der Waals surface area contributed by atoms with Gasteiger partial charge in [-0.15, -0.1) is 11.3 Å². The molecule has 2 heterocycles. The van der Waals surface area contributed by atoms with E-state index < -0.39 is 35.7 Å². The highest BCUT2D eigenvalue weighted by atomic mass is 32.1. The summed E-state index contributed by atoms with van der Waals surface area (Å²) < 4.78 is 51.9. The number of thiophene rings is 1. The minimum absolute atomic E-state index is 0.00230. The van der Waals surface area contributed by atoms with Crippen molar-refractivity contribution in [1.29, 1.82) is 0 Å². The van der Waals surface area contributed by atoms with Crippen LogP contribution in [0.2, 0.25) is 0 Å². The second-order valence-corrected chi connectivity index (χ2v) is 7.22. The molecule has 29 heavy (non-hydrogen) atoms. The zero-order valence-electron chi connectivity index (χ0n) is 15.2. The molecule has 0 radical (unpaired) electrons. The minimum Gasteiger partial charge on any atom is -0.497 e. The lowest BCUT2D eigenvalue weighted by atomic mass is 9.78. The van der Waals surface area contributed by atoms with E-state index in [0.717, 1.165) is 11.3 Å². The summed E-state index contributed by atoms with van der Waals surface area (Å²) in [6.45, 7) is 0. The van der Waals surface area contributed by atoms with Crippen LogP contribution in [0.1, 0.15) is 21.3 Å². The molecule has 11 heteroatoms. The van der Waals surface area contributed by atoms with Crippen LogP contribution in [-0.4, -0.2) is 43.0 Å². The van der Waals surface area contributed by atoms with Gasteiger partial charge in [0.05, 0.1) is 25.1 Å². The van der Waals surface area contributed by atoms with Gasteiger partial charge in [-0.1, -0.05) is 6.07 Å². The van der Waals surface area contributed by atoms with E-state index in [1.54, 1.807) is 0 Å². The number of carbonyl (C=O) groups excluding carboxylic acids is 2. The average molecular weight is 430 g/mol. The molecule has 1 aromatic carbocycles. The van der Waals surface area contributed by atoms with Gasteiger partial charge in [-0.25, -0.2) is 4.79 Å². The number of halogens is 3. The van der Waals surface area contributed by atoms with E-state index in [0.29, 0.717) is 0 Å². The number of nitrogens with one attached hydrogen (secondary N) is 2. The maximum Gasteiger partial charge on any atom is 0.437 e. The first-order chi connectivity index (χ1) is 13.6. The molecule has 1 aliphatic heterocycles. The Bertz CT molecular complexity index is 919. The standard InChI is InChI=1S/C18H17F3N2O5S/c1-27-9-5-6-11(28-2)10(8-9)14-13(15(24)12-4-3-7-29-12)17(26,18(19,20)21)23-16(25)22-14/h3-8,13-14,26H,1-2H3,(H2,22,23,25)/t13-,14+,17+/m1/s1. The predicted molar refractivity (Wildman–Crippen MR) is 97.1 cm³/mol. The molecule has 1 saturated heterocycles. The number of hydrogen-bond acceptors (Lipinski definition) is 6. The maximum atomic E-state index is 13.9. The number of methoxy groups -OCH3 is 2. The van der Waals surface area contributed by atoms with Crippen LogP contribution in [-0.2, 0) is 0 Å². The van der Waals surface area contributed by atoms with Gasteiger partial charge in [0.25, 0.3) is 0 Å². The number of carbonyl (C=O) groups is 2. The highest BCUT2D eigenvalue weighted by Crippen LogP contribution is 2.46. The normalized spacial score (nSPS) is 24.4. The van der Waals surface area contributed by atoms with Gasteiger partial charge in [0, 0.05) is 5.56 Å². The molecular weight excluding hydrogens is 413 g/mol. The Morgan fingerprint density at radius 3 is 2.52 bits per heavy atom. The van der Waals surface area contributed by atoms with Crippen LogP contribution in [0.5, 0.6) is 11.5 Å². The van der Waals surface area contributed by atoms with E-state index in [2.05, 4.69) is 5.32 Å². The number of Topliss-reactive ketones (excluding diaryl/α,β-unsaturated/α-hetero) is 1. The van der Waals surface area contributed by atoms with E-state index in [9.17, 15) is 27.9 Å². The molecule has 3 atom stereocenters. The Balaban J connectivity index is 2.22. The quantitative estimate of drug-likeness (QED) is 0.634. The van der Waals surface area contributed by atoms with Crippen LogP contribution in [0.15, 0.2) is 35.7 Å². The smallest absolute Gasteiger partial charge is 0.437 e. The van der Waals surface area contributed by atoms with E-state index in [1.807, 2.05) is 0 Å². The summed E-state index contributed by atoms with van der Waals surface area (Å²) in [5.74, 6) is -2.72. The van der Waals surface area contributed by atoms with Crippen molar-refractivity contribution in [3.05, 3.63) is 46.2 Å². The third-order valence-corrected chi connectivity index (χ3v) is 5.51. The summed E-state index contributed by atoms with van der Waals surface area (Å²) in [6.07, 6.45) is -5.33. The molecule has 0 bridgehead atoms. The van der Waals surface area contributed by atoms with E-state index in [1.165, 1.54) is 55.2 Å². The van der Waals surface area contributed by atoms with Crippen molar-refractivity contribution < 1.29 is 37.3 Å². The van der Waals surface area contributed by atoms with Crippen molar-refractivity contribution in [2.24, 2.45) is 5.92 Å². The number of rotatable bonds is 5. The summed E-state index contributed by atoms with van der Waals surface area (Å²) >= 11 is 0.927. The summed E-state index contributed by atoms with van der Waals surface area (Å²) in [4.78, 5) is 25.1. The number of ketones is 1. The largest absolute Gasteiger partial charge is 0.497 e. The van der Waals surface area contributed by atoms with Crippen molar-refractivity contribution >= 4 is 23.2 Å². The molecule has 0 unspecified atom stereocenters. The predicted octanol–water partition coefficient (Wildman–Crippen LogP) is 2.87. The SMILES string of the molecule is COc1ccc(OC)c([C@@H]2NC(=O)N[C@@](O)(C(F)(F)F)[C@H]2C(=O)c2cccs2)c1. The summed E-state index contributed by atoms with van der Waals surface area (Å²) in [5.41, 5.74) is -3.74. The second-order valence-electron chi connectivity index (χ2n) is 6.27. The summed E-state index contributed by atoms with van der Waals surface area (Å²) in [6, 6.07) is 4.31. The Labute approximate surface area is 167 Å². The highest BCUT2D eigenvalue weighted by Gasteiger charge is 2.66. The van der Waals surface area contributed by atoms with Gasteiger partial charge in [-0.3, -0.25) is 4.79 Å². The third kappa shape index (κ3) is 3.62. The monoisotopic (exact) mass is 430 g/mol. The molecule has 3 rings (SSSR count). The fourth-order valence-corrected chi connectivity index (χ4v) is 3.96. The van der Waals surface area contributed by atoms with Crippen molar-refractivity contribution in [3.8, 4) is 11.5 Å². The number of amides is 2. The van der Waals surface area contributed by atoms with Crippen LogP contribution in [0, 0.1) is 5.92 Å². The van der Waals surface area contributed by atoms with Gasteiger partial charge in [0.1, 0.15) is 17.4 Å². The average Bonchev–Trinajstić information content (AvgIpc) is 3.20. The summed E-state index contributed by atoms with van der Waals surface area (Å²) in [5, 5.41) is 15.9. The van der Waals surface area contributed by atoms with Gasteiger partial charge in [-0.05, 0) is 29.6 Å². The molecule has 3 N–H and O–H groups in total. The zero-order chi connectivity index (χ0) is 21.4. The van der Waals surface area contributed by atoms with Crippen LogP contribution >= 0.6 is 11.3 Å². The van der Waals surface area contributed by atoms with Gasteiger partial charge in [0.15, 0.2) is 5.78 Å². The number of alkyl halides is 3. The number of urea groups is 1. The third-order valence-electron chi connectivity index (χ3n) is 4.62. The van der Waals surface area contributed by atoms with Crippen LogP contribution < -0.4 is 20.1 Å². The molecule has 2 aromatic rings. The molecule has 0 aliphatic carbocycles. The topological polar surface area (TPSA) is 96.9 Å². The lowest BCUT2D eigenvalue weighted by molar-refractivity contribution is -0.287. The van der Waals surface area contributed by atoms with Crippen molar-refractivity contribution in [1.82, 2.24) is 10.6 Å². The van der Waals surface area contributed by atoms with Crippen molar-refractivity contribution in [2.45, 2.75) is 17.9 Å². The number of benzene rings is 1. The number of hydrogen-bond donors (Lipinski definition) is 3. The molecule has 1 fully saturated rings. The fraction of sp³-hybridized carbons (Fsp3) is 0.333. The Kier molecular flexibility index (Phi) is 5.46. The zero-order valence-corrected chi connectivity index (χ0v) is 16.1. The lowest BCUT2D eigenvalue weighted by Crippen LogP contribution is -2.72. The molecule has 0 spiro atoms. The molecule has 7 nitrogen and oxygen atoms in total. The maximum absolute atomic E-state index is 13.9. The Morgan fingerprint density at radius 1 is 1.24 bits per heavy atom. The molecule has 0 saturated carbocycles.